The fourth-order valence-corrected chi connectivity index (χ4v) is 2.01. The van der Waals surface area contributed by atoms with Gasteiger partial charge in [-0.3, -0.25) is 4.79 Å². The number of carbonyl (C=O) groups is 1. The van der Waals surface area contributed by atoms with Crippen molar-refractivity contribution in [1.29, 1.82) is 0 Å². The highest BCUT2D eigenvalue weighted by atomic mass is 16.5. The number of hydrogen-bond donors (Lipinski definition) is 1. The lowest BCUT2D eigenvalue weighted by atomic mass is 10.2. The number of methoxy groups -OCH3 is 1. The highest BCUT2D eigenvalue weighted by Crippen LogP contribution is 2.10. The maximum Gasteiger partial charge on any atom is 0.272 e. The molecule has 0 unspecified atom stereocenters. The Morgan fingerprint density at radius 2 is 2.05 bits per heavy atom. The molecule has 118 valence electrons. The van der Waals surface area contributed by atoms with Crippen molar-refractivity contribution in [2.75, 3.05) is 32.1 Å². The number of hydrogen-bond acceptors (Lipinski definition) is 4. The molecule has 0 fully saturated rings. The highest BCUT2D eigenvalue weighted by Gasteiger charge is 2.18. The van der Waals surface area contributed by atoms with Crippen LogP contribution in [0.4, 0.5) is 5.82 Å². The van der Waals surface area contributed by atoms with E-state index in [0.29, 0.717) is 31.3 Å². The standard InChI is InChI=1S/C16H27N3O2/c1-12(2)11-19(9-10-21-5)16(20)14-7-6-8-15(18-14)17-13(3)4/h6-8,12-13H,9-11H2,1-5H3,(H,17,18). The van der Waals surface area contributed by atoms with Crippen LogP contribution in [0.25, 0.3) is 0 Å². The minimum absolute atomic E-state index is 0.0480. The molecule has 0 spiro atoms. The monoisotopic (exact) mass is 293 g/mol. The van der Waals surface area contributed by atoms with Crippen molar-refractivity contribution in [2.24, 2.45) is 5.92 Å². The van der Waals surface area contributed by atoms with Crippen molar-refractivity contribution < 1.29 is 9.53 Å². The molecule has 1 N–H and O–H groups in total. The molecule has 0 aliphatic heterocycles. The van der Waals surface area contributed by atoms with Gasteiger partial charge in [-0.05, 0) is 31.9 Å². The Bertz CT molecular complexity index is 447. The van der Waals surface area contributed by atoms with Crippen molar-refractivity contribution in [3.05, 3.63) is 23.9 Å². The summed E-state index contributed by atoms with van der Waals surface area (Å²) >= 11 is 0. The molecule has 0 radical (unpaired) electrons. The zero-order valence-electron chi connectivity index (χ0n) is 13.7. The maximum absolute atomic E-state index is 12.6. The minimum Gasteiger partial charge on any atom is -0.383 e. The van der Waals surface area contributed by atoms with E-state index in [0.717, 1.165) is 5.82 Å². The van der Waals surface area contributed by atoms with Gasteiger partial charge in [-0.1, -0.05) is 19.9 Å². The van der Waals surface area contributed by atoms with E-state index >= 15 is 0 Å². The van der Waals surface area contributed by atoms with Gasteiger partial charge in [0.15, 0.2) is 0 Å². The smallest absolute Gasteiger partial charge is 0.272 e. The molecule has 21 heavy (non-hydrogen) atoms. The predicted molar refractivity (Wildman–Crippen MR) is 85.6 cm³/mol. The van der Waals surface area contributed by atoms with Crippen molar-refractivity contribution in [2.45, 2.75) is 33.7 Å². The summed E-state index contributed by atoms with van der Waals surface area (Å²) in [7, 11) is 1.64. The lowest BCUT2D eigenvalue weighted by Crippen LogP contribution is -2.37. The van der Waals surface area contributed by atoms with Crippen LogP contribution in [0, 0.1) is 5.92 Å². The van der Waals surface area contributed by atoms with Gasteiger partial charge in [-0.15, -0.1) is 0 Å². The first kappa shape index (κ1) is 17.4. The molecule has 0 saturated carbocycles. The summed E-state index contributed by atoms with van der Waals surface area (Å²) in [5.41, 5.74) is 0.470. The fraction of sp³-hybridized carbons (Fsp3) is 0.625. The van der Waals surface area contributed by atoms with Gasteiger partial charge in [-0.2, -0.15) is 0 Å². The summed E-state index contributed by atoms with van der Waals surface area (Å²) in [5, 5.41) is 3.22. The molecule has 0 bridgehead atoms. The van der Waals surface area contributed by atoms with Gasteiger partial charge in [0, 0.05) is 26.2 Å². The third kappa shape index (κ3) is 6.12. The van der Waals surface area contributed by atoms with E-state index in [-0.39, 0.29) is 11.9 Å². The van der Waals surface area contributed by atoms with Gasteiger partial charge in [0.05, 0.1) is 6.61 Å². The van der Waals surface area contributed by atoms with Crippen molar-refractivity contribution in [3.8, 4) is 0 Å². The van der Waals surface area contributed by atoms with Crippen molar-refractivity contribution in [3.63, 3.8) is 0 Å². The molecule has 1 aromatic heterocycles. The SMILES string of the molecule is COCCN(CC(C)C)C(=O)c1cccc(NC(C)C)n1. The zero-order valence-corrected chi connectivity index (χ0v) is 13.7. The maximum atomic E-state index is 12.6. The number of aromatic nitrogens is 1. The number of pyridine rings is 1. The van der Waals surface area contributed by atoms with E-state index in [1.807, 2.05) is 26.0 Å². The van der Waals surface area contributed by atoms with E-state index in [2.05, 4.69) is 24.1 Å². The molecule has 0 saturated heterocycles. The molecular weight excluding hydrogens is 266 g/mol. The Morgan fingerprint density at radius 1 is 1.33 bits per heavy atom. The summed E-state index contributed by atoms with van der Waals surface area (Å²) in [6.45, 7) is 10.1. The Kier molecular flexibility index (Phi) is 7.15. The van der Waals surface area contributed by atoms with Crippen LogP contribution in [0.15, 0.2) is 18.2 Å². The van der Waals surface area contributed by atoms with Crippen LogP contribution in [0.5, 0.6) is 0 Å². The second-order valence-electron chi connectivity index (χ2n) is 5.84. The van der Waals surface area contributed by atoms with Crippen molar-refractivity contribution in [1.82, 2.24) is 9.88 Å². The average molecular weight is 293 g/mol. The zero-order chi connectivity index (χ0) is 15.8. The summed E-state index contributed by atoms with van der Waals surface area (Å²) in [6, 6.07) is 5.77. The first-order chi connectivity index (χ1) is 9.93. The molecule has 5 nitrogen and oxygen atoms in total. The predicted octanol–water partition coefficient (Wildman–Crippen LogP) is 2.65. The molecule has 0 aromatic carbocycles. The van der Waals surface area contributed by atoms with Crippen LogP contribution >= 0.6 is 0 Å². The van der Waals surface area contributed by atoms with Crippen LogP contribution < -0.4 is 5.32 Å². The topological polar surface area (TPSA) is 54.5 Å². The first-order valence-corrected chi connectivity index (χ1v) is 7.45. The highest BCUT2D eigenvalue weighted by molar-refractivity contribution is 5.92. The average Bonchev–Trinajstić information content (AvgIpc) is 2.42. The van der Waals surface area contributed by atoms with E-state index in [4.69, 9.17) is 4.74 Å². The van der Waals surface area contributed by atoms with Gasteiger partial charge < -0.3 is 15.0 Å². The lowest BCUT2D eigenvalue weighted by Gasteiger charge is -2.24. The Balaban J connectivity index is 2.86. The second kappa shape index (κ2) is 8.62. The molecule has 0 aliphatic carbocycles. The third-order valence-electron chi connectivity index (χ3n) is 2.84. The lowest BCUT2D eigenvalue weighted by molar-refractivity contribution is 0.0666. The van der Waals surface area contributed by atoms with E-state index < -0.39 is 0 Å². The number of anilines is 1. The number of nitrogens with zero attached hydrogens (tertiary/aromatic N) is 2. The van der Waals surface area contributed by atoms with Gasteiger partial charge >= 0.3 is 0 Å². The van der Waals surface area contributed by atoms with Gasteiger partial charge in [0.1, 0.15) is 11.5 Å². The summed E-state index contributed by atoms with van der Waals surface area (Å²) < 4.78 is 5.09. The molecule has 0 atom stereocenters. The number of rotatable bonds is 8. The summed E-state index contributed by atoms with van der Waals surface area (Å²) in [6.07, 6.45) is 0. The Hall–Kier alpha value is -1.62. The fourth-order valence-electron chi connectivity index (χ4n) is 2.01. The number of nitrogens with one attached hydrogen (secondary N) is 1. The van der Waals surface area contributed by atoms with Crippen molar-refractivity contribution >= 4 is 11.7 Å². The van der Waals surface area contributed by atoms with Crippen LogP contribution in [0.1, 0.15) is 38.2 Å². The largest absolute Gasteiger partial charge is 0.383 e. The quantitative estimate of drug-likeness (QED) is 0.800. The summed E-state index contributed by atoms with van der Waals surface area (Å²) in [5.74, 6) is 1.09. The molecule has 0 aliphatic rings. The number of amides is 1. The van der Waals surface area contributed by atoms with Gasteiger partial charge in [0.25, 0.3) is 5.91 Å². The third-order valence-corrected chi connectivity index (χ3v) is 2.84. The van der Waals surface area contributed by atoms with Gasteiger partial charge in [0.2, 0.25) is 0 Å². The van der Waals surface area contributed by atoms with E-state index in [1.165, 1.54) is 0 Å². The van der Waals surface area contributed by atoms with Crippen LogP contribution in [-0.4, -0.2) is 48.6 Å². The molecular formula is C16H27N3O2. The second-order valence-corrected chi connectivity index (χ2v) is 5.84. The first-order valence-electron chi connectivity index (χ1n) is 7.45. The molecule has 1 rings (SSSR count). The summed E-state index contributed by atoms with van der Waals surface area (Å²) in [4.78, 5) is 18.8. The van der Waals surface area contributed by atoms with E-state index in [1.54, 1.807) is 18.1 Å². The van der Waals surface area contributed by atoms with E-state index in [9.17, 15) is 4.79 Å². The van der Waals surface area contributed by atoms with Gasteiger partial charge in [-0.25, -0.2) is 4.98 Å². The molecule has 1 aromatic rings. The molecule has 1 heterocycles. The van der Waals surface area contributed by atoms with Crippen LogP contribution in [0.2, 0.25) is 0 Å². The normalized spacial score (nSPS) is 11.0. The Morgan fingerprint density at radius 3 is 2.62 bits per heavy atom. The molecule has 5 heteroatoms. The molecule has 1 amide bonds. The van der Waals surface area contributed by atoms with Crippen LogP contribution in [-0.2, 0) is 4.74 Å². The minimum atomic E-state index is -0.0480. The van der Waals surface area contributed by atoms with Crippen LogP contribution in [0.3, 0.4) is 0 Å². The Labute approximate surface area is 127 Å². The number of ether oxygens (including phenoxy) is 1. The number of carbonyl (C=O) groups excluding carboxylic acids is 1.